The molecule has 3 aromatic carbocycles. The van der Waals surface area contributed by atoms with Crippen molar-refractivity contribution in [2.45, 2.75) is 31.3 Å². The van der Waals surface area contributed by atoms with E-state index in [1.54, 1.807) is 62.5 Å². The number of benzene rings is 3. The molecule has 0 aliphatic heterocycles. The molecule has 0 spiro atoms. The number of carbonyl (C=O) groups is 1. The normalized spacial score (nSPS) is 13.8. The zero-order chi connectivity index (χ0) is 27.0. The summed E-state index contributed by atoms with van der Waals surface area (Å²) in [5.41, 5.74) is 1.54. The zero-order valence-electron chi connectivity index (χ0n) is 22.0. The minimum absolute atomic E-state index is 0. The third-order valence-electron chi connectivity index (χ3n) is 6.83. The van der Waals surface area contributed by atoms with Gasteiger partial charge in [0.05, 0.1) is 6.20 Å². The molecule has 0 radical (unpaired) electrons. The van der Waals surface area contributed by atoms with Crippen molar-refractivity contribution in [2.75, 3.05) is 5.32 Å². The quantitative estimate of drug-likeness (QED) is 0.266. The summed E-state index contributed by atoms with van der Waals surface area (Å²) in [4.78, 5) is 23.9. The van der Waals surface area contributed by atoms with Crippen LogP contribution in [0.1, 0.15) is 37.0 Å². The summed E-state index contributed by atoms with van der Waals surface area (Å²) >= 11 is 6.18. The van der Waals surface area contributed by atoms with E-state index in [-0.39, 0.29) is 57.5 Å². The van der Waals surface area contributed by atoms with Gasteiger partial charge in [0.2, 0.25) is 0 Å². The van der Waals surface area contributed by atoms with E-state index in [4.69, 9.17) is 16.3 Å². The third-order valence-corrected chi connectivity index (χ3v) is 7.17. The van der Waals surface area contributed by atoms with Crippen LogP contribution in [0.5, 0.6) is 0 Å². The van der Waals surface area contributed by atoms with Gasteiger partial charge in [-0.25, -0.2) is 13.6 Å². The van der Waals surface area contributed by atoms with Crippen LogP contribution in [0.25, 0.3) is 22.3 Å². The standard InChI is InChI=1S/C29H23ClF2N3O3.Na.H2O/c1-17(20-5-3-4-6-24(20)30)38-28(37)34-27-23(15-33-35(27)2)22-14-25(31)21(13-26(22)32)18-7-9-19(10-8-18)29(16-36)11-12-29;;/h3-10,13-15,17H,11-12H2,1-2H3,(H,34,37);;1H2/q-1;+1;/p-1/t17-;;/m1../s1. The molecular weight excluding hydrogens is 551 g/mol. The minimum Gasteiger partial charge on any atom is -0.870 e. The molecule has 5 rings (SSSR count). The Morgan fingerprint density at radius 2 is 1.70 bits per heavy atom. The number of nitrogens with zero attached hydrogens (tertiary/aromatic N) is 2. The number of aromatic nitrogens is 2. The number of carbonyl (C=O) groups excluding carboxylic acids is 2. The number of hydrogen-bond donors (Lipinski definition) is 1. The van der Waals surface area contributed by atoms with Crippen molar-refractivity contribution in [3.63, 3.8) is 0 Å². The molecule has 1 saturated carbocycles. The fourth-order valence-electron chi connectivity index (χ4n) is 4.46. The van der Waals surface area contributed by atoms with E-state index in [0.717, 1.165) is 30.5 Å². The molecule has 1 aromatic heterocycles. The molecule has 1 aliphatic carbocycles. The van der Waals surface area contributed by atoms with Gasteiger partial charge in [-0.1, -0.05) is 72.5 Å². The first kappa shape index (κ1) is 31.4. The minimum atomic E-state index is -0.805. The van der Waals surface area contributed by atoms with Gasteiger partial charge < -0.3 is 15.0 Å². The molecule has 4 aromatic rings. The zero-order valence-corrected chi connectivity index (χ0v) is 24.8. The fourth-order valence-corrected chi connectivity index (χ4v) is 4.75. The van der Waals surface area contributed by atoms with Crippen molar-refractivity contribution >= 4 is 29.8 Å². The van der Waals surface area contributed by atoms with E-state index in [9.17, 15) is 9.59 Å². The van der Waals surface area contributed by atoms with Gasteiger partial charge in [0, 0.05) is 34.3 Å². The van der Waals surface area contributed by atoms with Gasteiger partial charge in [-0.2, -0.15) is 5.10 Å². The molecule has 0 bridgehead atoms. The van der Waals surface area contributed by atoms with E-state index in [2.05, 4.69) is 16.7 Å². The van der Waals surface area contributed by atoms with E-state index in [1.165, 1.54) is 10.9 Å². The predicted molar refractivity (Wildman–Crippen MR) is 143 cm³/mol. The molecule has 7 nitrogen and oxygen atoms in total. The molecule has 1 aliphatic rings. The number of rotatable bonds is 7. The van der Waals surface area contributed by atoms with Crippen LogP contribution in [-0.2, 0) is 22.0 Å². The largest absolute Gasteiger partial charge is 1.00 e. The maximum atomic E-state index is 15.3. The van der Waals surface area contributed by atoms with Crippen LogP contribution in [0.4, 0.5) is 19.4 Å². The number of ether oxygens (including phenoxy) is 1. The van der Waals surface area contributed by atoms with E-state index < -0.39 is 29.2 Å². The first-order valence-corrected chi connectivity index (χ1v) is 12.3. The summed E-state index contributed by atoms with van der Waals surface area (Å²) in [5, 5.41) is 7.13. The van der Waals surface area contributed by atoms with Crippen molar-refractivity contribution in [2.24, 2.45) is 7.05 Å². The molecule has 1 fully saturated rings. The molecular formula is C29H24ClF2N3NaO4-. The number of hydrogen-bond acceptors (Lipinski definition) is 5. The molecule has 1 amide bonds. The topological polar surface area (TPSA) is 103 Å². The second-order valence-electron chi connectivity index (χ2n) is 9.30. The molecule has 0 unspecified atom stereocenters. The molecule has 2 N–H and O–H groups in total. The van der Waals surface area contributed by atoms with Crippen LogP contribution < -0.4 is 34.9 Å². The smallest absolute Gasteiger partial charge is 0.870 e. The Hall–Kier alpha value is -3.08. The maximum Gasteiger partial charge on any atom is 1.00 e. The summed E-state index contributed by atoms with van der Waals surface area (Å²) in [6.45, 7) is 1.67. The average molecular weight is 575 g/mol. The number of halogens is 3. The Balaban J connectivity index is 0.00000220. The predicted octanol–water partition coefficient (Wildman–Crippen LogP) is 3.96. The van der Waals surface area contributed by atoms with Crippen molar-refractivity contribution < 1.29 is 58.1 Å². The molecule has 40 heavy (non-hydrogen) atoms. The second kappa shape index (κ2) is 12.6. The third kappa shape index (κ3) is 6.14. The monoisotopic (exact) mass is 574 g/mol. The summed E-state index contributed by atoms with van der Waals surface area (Å²) < 4.78 is 37.3. The molecule has 11 heteroatoms. The number of nitrogens with one attached hydrogen (secondary N) is 1. The summed E-state index contributed by atoms with van der Waals surface area (Å²) in [7, 11) is 1.56. The van der Waals surface area contributed by atoms with Gasteiger partial charge in [-0.05, 0) is 30.7 Å². The molecule has 1 atom stereocenters. The van der Waals surface area contributed by atoms with Crippen LogP contribution in [0.3, 0.4) is 0 Å². The van der Waals surface area contributed by atoms with Crippen molar-refractivity contribution in [1.82, 2.24) is 9.78 Å². The van der Waals surface area contributed by atoms with Crippen LogP contribution in [0.2, 0.25) is 5.02 Å². The Morgan fingerprint density at radius 1 is 1.07 bits per heavy atom. The van der Waals surface area contributed by atoms with E-state index in [1.807, 2.05) is 0 Å². The van der Waals surface area contributed by atoms with Crippen LogP contribution >= 0.6 is 11.6 Å². The number of amides is 1. The Bertz CT molecular complexity index is 1540. The van der Waals surface area contributed by atoms with E-state index in [0.29, 0.717) is 16.1 Å². The van der Waals surface area contributed by atoms with Crippen LogP contribution in [0, 0.1) is 11.6 Å². The summed E-state index contributed by atoms with van der Waals surface area (Å²) in [5.74, 6) is -1.21. The second-order valence-corrected chi connectivity index (χ2v) is 9.71. The summed E-state index contributed by atoms with van der Waals surface area (Å²) in [6.07, 6.45) is 3.43. The van der Waals surface area contributed by atoms with E-state index >= 15 is 8.78 Å². The molecule has 202 valence electrons. The van der Waals surface area contributed by atoms with Gasteiger partial charge in [0.1, 0.15) is 23.6 Å². The van der Waals surface area contributed by atoms with Crippen LogP contribution in [0.15, 0.2) is 66.9 Å². The Labute approximate surface area is 257 Å². The molecule has 1 heterocycles. The first-order valence-electron chi connectivity index (χ1n) is 12.0. The van der Waals surface area contributed by atoms with Gasteiger partial charge >= 0.3 is 35.7 Å². The Kier molecular flexibility index (Phi) is 9.92. The van der Waals surface area contributed by atoms with Gasteiger partial charge in [0.25, 0.3) is 0 Å². The van der Waals surface area contributed by atoms with Crippen molar-refractivity contribution in [3.05, 3.63) is 94.6 Å². The summed E-state index contributed by atoms with van der Waals surface area (Å²) in [6, 6.07) is 16.0. The van der Waals surface area contributed by atoms with Crippen molar-refractivity contribution in [1.29, 1.82) is 0 Å². The fraction of sp³-hybridized carbons (Fsp3) is 0.207. The number of aryl methyl sites for hydroxylation is 1. The van der Waals surface area contributed by atoms with Crippen molar-refractivity contribution in [3.8, 4) is 22.3 Å². The first-order chi connectivity index (χ1) is 18.2. The molecule has 0 saturated heterocycles. The Morgan fingerprint density at radius 3 is 2.33 bits per heavy atom. The average Bonchev–Trinajstić information content (AvgIpc) is 3.63. The van der Waals surface area contributed by atoms with Crippen LogP contribution in [-0.4, -0.2) is 27.6 Å². The number of anilines is 1. The van der Waals surface area contributed by atoms with Gasteiger partial charge in [-0.3, -0.25) is 16.3 Å². The van der Waals surface area contributed by atoms with Gasteiger partial charge in [0.15, 0.2) is 0 Å². The maximum absolute atomic E-state index is 15.3. The SMILES string of the molecule is C[C@@H](OC(=O)Nc1c(-c2cc(F)c(-c3ccc(C4([C-]=O)CC4)cc3)cc2F)cnn1C)c1ccccc1Cl.[Na+].[OH-]. The van der Waals surface area contributed by atoms with Gasteiger partial charge in [-0.15, -0.1) is 5.41 Å².